The van der Waals surface area contributed by atoms with Gasteiger partial charge in [0.25, 0.3) is 0 Å². The highest BCUT2D eigenvalue weighted by Gasteiger charge is 2.10. The molecule has 1 aromatic carbocycles. The molecule has 1 atom stereocenters. The van der Waals surface area contributed by atoms with Crippen LogP contribution in [0.1, 0.15) is 18.9 Å². The fourth-order valence-corrected chi connectivity index (χ4v) is 2.07. The van der Waals surface area contributed by atoms with E-state index < -0.39 is 0 Å². The van der Waals surface area contributed by atoms with E-state index in [1.54, 1.807) is 14.2 Å². The molecule has 0 saturated heterocycles. The average Bonchev–Trinajstić information content (AvgIpc) is 2.54. The zero-order valence-electron chi connectivity index (χ0n) is 14.7. The largest absolute Gasteiger partial charge is 0.385 e. The van der Waals surface area contributed by atoms with Crippen molar-refractivity contribution in [1.29, 1.82) is 0 Å². The molecule has 0 heterocycles. The van der Waals surface area contributed by atoms with E-state index in [9.17, 15) is 0 Å². The van der Waals surface area contributed by atoms with Crippen molar-refractivity contribution in [2.24, 2.45) is 4.99 Å². The van der Waals surface area contributed by atoms with Crippen molar-refractivity contribution in [3.8, 4) is 0 Å². The van der Waals surface area contributed by atoms with Crippen LogP contribution >= 0.6 is 24.0 Å². The molecule has 6 heteroatoms. The molecular weight excluding hydrogens is 403 g/mol. The second-order valence-electron chi connectivity index (χ2n) is 5.48. The van der Waals surface area contributed by atoms with Gasteiger partial charge in [-0.3, -0.25) is 9.89 Å². The second kappa shape index (κ2) is 13.6. The number of hydrogen-bond donors (Lipinski definition) is 2. The molecule has 0 aliphatic heterocycles. The minimum Gasteiger partial charge on any atom is -0.385 e. The smallest absolute Gasteiger partial charge is 0.191 e. The topological polar surface area (TPSA) is 48.9 Å². The zero-order valence-corrected chi connectivity index (χ0v) is 17.0. The first-order chi connectivity index (χ1) is 10.7. The summed E-state index contributed by atoms with van der Waals surface area (Å²) in [7, 11) is 5.66. The van der Waals surface area contributed by atoms with Crippen LogP contribution in [-0.4, -0.2) is 57.8 Å². The molecule has 1 aromatic rings. The van der Waals surface area contributed by atoms with Gasteiger partial charge in [0.05, 0.1) is 0 Å². The standard InChI is InChI=1S/C17H30N4O.HI/c1-15(21(3)14-16-9-6-5-7-10-16)13-20-17(18-2)19-11-8-12-22-4;/h5-7,9-10,15H,8,11-14H2,1-4H3,(H2,18,19,20);1H. The molecule has 0 fully saturated rings. The van der Waals surface area contributed by atoms with Crippen molar-refractivity contribution >= 4 is 29.9 Å². The first-order valence-electron chi connectivity index (χ1n) is 7.85. The molecule has 1 unspecified atom stereocenters. The summed E-state index contributed by atoms with van der Waals surface area (Å²) in [6, 6.07) is 10.9. The van der Waals surface area contributed by atoms with Crippen molar-refractivity contribution in [3.63, 3.8) is 0 Å². The third kappa shape index (κ3) is 9.78. The minimum absolute atomic E-state index is 0. The van der Waals surface area contributed by atoms with Gasteiger partial charge in [-0.25, -0.2) is 0 Å². The lowest BCUT2D eigenvalue weighted by Gasteiger charge is -2.25. The summed E-state index contributed by atoms with van der Waals surface area (Å²) < 4.78 is 5.04. The molecule has 0 bridgehead atoms. The predicted octanol–water partition coefficient (Wildman–Crippen LogP) is 2.33. The van der Waals surface area contributed by atoms with E-state index in [1.807, 2.05) is 6.07 Å². The number of halogens is 1. The summed E-state index contributed by atoms with van der Waals surface area (Å²) in [4.78, 5) is 6.57. The lowest BCUT2D eigenvalue weighted by molar-refractivity contribution is 0.195. The van der Waals surface area contributed by atoms with Crippen molar-refractivity contribution in [3.05, 3.63) is 35.9 Å². The maximum atomic E-state index is 5.04. The van der Waals surface area contributed by atoms with E-state index in [2.05, 4.69) is 58.8 Å². The van der Waals surface area contributed by atoms with Crippen LogP contribution in [0.4, 0.5) is 0 Å². The Morgan fingerprint density at radius 1 is 1.26 bits per heavy atom. The molecule has 132 valence electrons. The first-order valence-corrected chi connectivity index (χ1v) is 7.85. The summed E-state index contributed by atoms with van der Waals surface area (Å²) in [6.07, 6.45) is 0.973. The summed E-state index contributed by atoms with van der Waals surface area (Å²) in [5, 5.41) is 6.66. The Morgan fingerprint density at radius 3 is 2.57 bits per heavy atom. The molecule has 23 heavy (non-hydrogen) atoms. The Labute approximate surface area is 157 Å². The quantitative estimate of drug-likeness (QED) is 0.271. The molecule has 0 radical (unpaired) electrons. The van der Waals surface area contributed by atoms with Gasteiger partial charge in [0.1, 0.15) is 0 Å². The van der Waals surface area contributed by atoms with Crippen molar-refractivity contribution in [2.75, 3.05) is 40.9 Å². The summed E-state index contributed by atoms with van der Waals surface area (Å²) >= 11 is 0. The van der Waals surface area contributed by atoms with Gasteiger partial charge in [0.2, 0.25) is 0 Å². The highest BCUT2D eigenvalue weighted by atomic mass is 127. The number of rotatable bonds is 9. The van der Waals surface area contributed by atoms with Crippen LogP contribution in [0.15, 0.2) is 35.3 Å². The minimum atomic E-state index is 0. The Morgan fingerprint density at radius 2 is 1.96 bits per heavy atom. The van der Waals surface area contributed by atoms with Crippen LogP contribution in [0, 0.1) is 0 Å². The molecule has 0 aromatic heterocycles. The molecule has 2 N–H and O–H groups in total. The van der Waals surface area contributed by atoms with Crippen LogP contribution in [-0.2, 0) is 11.3 Å². The molecule has 5 nitrogen and oxygen atoms in total. The monoisotopic (exact) mass is 434 g/mol. The van der Waals surface area contributed by atoms with Crippen LogP contribution in [0.25, 0.3) is 0 Å². The Hall–Kier alpha value is -0.860. The summed E-state index contributed by atoms with van der Waals surface area (Å²) in [5.74, 6) is 0.844. The summed E-state index contributed by atoms with van der Waals surface area (Å²) in [5.41, 5.74) is 1.33. The number of aliphatic imine (C=N–C) groups is 1. The molecule has 1 rings (SSSR count). The lowest BCUT2D eigenvalue weighted by atomic mass is 10.2. The second-order valence-corrected chi connectivity index (χ2v) is 5.48. The highest BCUT2D eigenvalue weighted by Crippen LogP contribution is 2.05. The SMILES string of the molecule is CN=C(NCCCOC)NCC(C)N(C)Cc1ccccc1.I. The molecule has 0 saturated carbocycles. The molecule has 0 aliphatic carbocycles. The van der Waals surface area contributed by atoms with Gasteiger partial charge >= 0.3 is 0 Å². The number of nitrogens with one attached hydrogen (secondary N) is 2. The molecule has 0 aliphatic rings. The van der Waals surface area contributed by atoms with Crippen LogP contribution in [0.5, 0.6) is 0 Å². The number of nitrogens with zero attached hydrogens (tertiary/aromatic N) is 2. The van der Waals surface area contributed by atoms with Gasteiger partial charge in [-0.15, -0.1) is 24.0 Å². The van der Waals surface area contributed by atoms with Gasteiger partial charge in [-0.1, -0.05) is 30.3 Å². The lowest BCUT2D eigenvalue weighted by Crippen LogP contribution is -2.45. The van der Waals surface area contributed by atoms with Crippen LogP contribution < -0.4 is 10.6 Å². The third-order valence-electron chi connectivity index (χ3n) is 3.63. The fourth-order valence-electron chi connectivity index (χ4n) is 2.07. The first kappa shape index (κ1) is 22.1. The fraction of sp³-hybridized carbons (Fsp3) is 0.588. The van der Waals surface area contributed by atoms with E-state index in [-0.39, 0.29) is 24.0 Å². The van der Waals surface area contributed by atoms with Gasteiger partial charge in [-0.05, 0) is 26.0 Å². The van der Waals surface area contributed by atoms with Crippen LogP contribution in [0.3, 0.4) is 0 Å². The Balaban J connectivity index is 0.00000484. The van der Waals surface area contributed by atoms with E-state index in [4.69, 9.17) is 4.74 Å². The normalized spacial score (nSPS) is 12.7. The third-order valence-corrected chi connectivity index (χ3v) is 3.63. The van der Waals surface area contributed by atoms with Gasteiger partial charge in [-0.2, -0.15) is 0 Å². The molecule has 0 amide bonds. The van der Waals surface area contributed by atoms with Crippen molar-refractivity contribution in [2.45, 2.75) is 25.9 Å². The van der Waals surface area contributed by atoms with E-state index in [0.717, 1.165) is 38.6 Å². The Bertz CT molecular complexity index is 428. The van der Waals surface area contributed by atoms with Crippen molar-refractivity contribution in [1.82, 2.24) is 15.5 Å². The predicted molar refractivity (Wildman–Crippen MR) is 109 cm³/mol. The number of guanidine groups is 1. The maximum absolute atomic E-state index is 5.04. The summed E-state index contributed by atoms with van der Waals surface area (Å²) in [6.45, 7) is 5.65. The number of likely N-dealkylation sites (N-methyl/N-ethyl adjacent to an activating group) is 1. The van der Waals surface area contributed by atoms with Gasteiger partial charge in [0, 0.05) is 46.4 Å². The number of hydrogen-bond acceptors (Lipinski definition) is 3. The molecular formula is C17H31IN4O. The average molecular weight is 434 g/mol. The maximum Gasteiger partial charge on any atom is 0.191 e. The van der Waals surface area contributed by atoms with Crippen molar-refractivity contribution < 1.29 is 4.74 Å². The number of ether oxygens (including phenoxy) is 1. The number of benzene rings is 1. The number of methoxy groups -OCH3 is 1. The van der Waals surface area contributed by atoms with Gasteiger partial charge < -0.3 is 15.4 Å². The van der Waals surface area contributed by atoms with Crippen LogP contribution in [0.2, 0.25) is 0 Å². The highest BCUT2D eigenvalue weighted by molar-refractivity contribution is 14.0. The van der Waals surface area contributed by atoms with E-state index in [1.165, 1.54) is 5.56 Å². The van der Waals surface area contributed by atoms with E-state index in [0.29, 0.717) is 6.04 Å². The molecule has 0 spiro atoms. The van der Waals surface area contributed by atoms with E-state index >= 15 is 0 Å². The van der Waals surface area contributed by atoms with Gasteiger partial charge in [0.15, 0.2) is 5.96 Å². The zero-order chi connectivity index (χ0) is 16.2. The Kier molecular flexibility index (Phi) is 13.1.